The molecule has 16 heavy (non-hydrogen) atoms. The highest BCUT2D eigenvalue weighted by Crippen LogP contribution is 2.16. The van der Waals surface area contributed by atoms with Crippen LogP contribution in [0.1, 0.15) is 18.2 Å². The molecule has 0 radical (unpaired) electrons. The summed E-state index contributed by atoms with van der Waals surface area (Å²) < 4.78 is 23.9. The molecule has 0 spiro atoms. The van der Waals surface area contributed by atoms with Gasteiger partial charge in [-0.2, -0.15) is 5.26 Å². The van der Waals surface area contributed by atoms with Crippen molar-refractivity contribution < 1.29 is 8.42 Å². The summed E-state index contributed by atoms with van der Waals surface area (Å²) in [6.07, 6.45) is 0. The van der Waals surface area contributed by atoms with Crippen molar-refractivity contribution >= 4 is 21.4 Å². The molecule has 0 aromatic carbocycles. The minimum Gasteiger partial charge on any atom is -0.241 e. The van der Waals surface area contributed by atoms with Gasteiger partial charge in [0, 0.05) is 11.6 Å². The van der Waals surface area contributed by atoms with Gasteiger partial charge in [-0.25, -0.2) is 13.4 Å². The first-order valence-electron chi connectivity index (χ1n) is 4.60. The zero-order valence-electron chi connectivity index (χ0n) is 8.94. The van der Waals surface area contributed by atoms with Crippen LogP contribution in [0.5, 0.6) is 0 Å². The summed E-state index contributed by atoms with van der Waals surface area (Å²) in [7, 11) is -3.54. The summed E-state index contributed by atoms with van der Waals surface area (Å²) in [6, 6.07) is 4.70. The topological polar surface area (TPSA) is 70.8 Å². The van der Waals surface area contributed by atoms with E-state index in [4.69, 9.17) is 16.9 Å². The molecule has 0 aliphatic rings. The number of hydrogen-bond acceptors (Lipinski definition) is 4. The third-order valence-electron chi connectivity index (χ3n) is 2.10. The van der Waals surface area contributed by atoms with E-state index >= 15 is 0 Å². The van der Waals surface area contributed by atoms with E-state index in [-0.39, 0.29) is 16.5 Å². The Balaban J connectivity index is 3.35. The third-order valence-corrected chi connectivity index (χ3v) is 4.76. The molecule has 0 fully saturated rings. The number of rotatable bonds is 3. The highest BCUT2D eigenvalue weighted by molar-refractivity contribution is 7.92. The minimum atomic E-state index is -3.54. The highest BCUT2D eigenvalue weighted by Gasteiger charge is 2.24. The van der Waals surface area contributed by atoms with Gasteiger partial charge in [0.05, 0.1) is 16.9 Å². The van der Waals surface area contributed by atoms with E-state index in [0.29, 0.717) is 5.69 Å². The molecule has 1 rings (SSSR count). The third kappa shape index (κ3) is 2.52. The molecule has 0 aliphatic heterocycles. The van der Waals surface area contributed by atoms with Gasteiger partial charge in [-0.05, 0) is 26.0 Å². The van der Waals surface area contributed by atoms with Crippen molar-refractivity contribution in [3.63, 3.8) is 0 Å². The number of aryl methyl sites for hydroxylation is 1. The molecular weight excluding hydrogens is 248 g/mol. The van der Waals surface area contributed by atoms with Gasteiger partial charge in [-0.3, -0.25) is 0 Å². The summed E-state index contributed by atoms with van der Waals surface area (Å²) in [5.41, 5.74) is 0.784. The molecule has 1 atom stereocenters. The van der Waals surface area contributed by atoms with Gasteiger partial charge in [0.1, 0.15) is 0 Å². The molecule has 1 unspecified atom stereocenters. The lowest BCUT2D eigenvalue weighted by molar-refractivity contribution is 0.583. The van der Waals surface area contributed by atoms with Crippen LogP contribution in [-0.2, 0) is 9.84 Å². The monoisotopic (exact) mass is 258 g/mol. The summed E-state index contributed by atoms with van der Waals surface area (Å²) >= 11 is 5.53. The van der Waals surface area contributed by atoms with E-state index < -0.39 is 15.1 Å². The number of halogens is 1. The Morgan fingerprint density at radius 1 is 1.56 bits per heavy atom. The average Bonchev–Trinajstić information content (AvgIpc) is 2.26. The number of sulfone groups is 1. The SMILES string of the molecule is Cc1cc(C#N)cc(S(=O)(=O)C(C)CCl)n1. The second kappa shape index (κ2) is 4.81. The minimum absolute atomic E-state index is 0.000157. The van der Waals surface area contributed by atoms with Gasteiger partial charge in [0.2, 0.25) is 0 Å². The van der Waals surface area contributed by atoms with Crippen LogP contribution < -0.4 is 0 Å². The van der Waals surface area contributed by atoms with Crippen LogP contribution in [0, 0.1) is 18.3 Å². The molecule has 0 amide bonds. The van der Waals surface area contributed by atoms with E-state index in [0.717, 1.165) is 0 Å². The standard InChI is InChI=1S/C10H11ClN2O2S/c1-7-3-9(6-12)4-10(13-7)16(14,15)8(2)5-11/h3-4,8H,5H2,1-2H3. The van der Waals surface area contributed by atoms with E-state index in [9.17, 15) is 8.42 Å². The van der Waals surface area contributed by atoms with E-state index in [1.807, 2.05) is 6.07 Å². The van der Waals surface area contributed by atoms with Crippen LogP contribution in [-0.4, -0.2) is 24.5 Å². The van der Waals surface area contributed by atoms with Gasteiger partial charge in [-0.15, -0.1) is 11.6 Å². The fourth-order valence-corrected chi connectivity index (χ4v) is 2.78. The second-order valence-electron chi connectivity index (χ2n) is 3.46. The Morgan fingerprint density at radius 2 is 2.19 bits per heavy atom. The Hall–Kier alpha value is -1.12. The second-order valence-corrected chi connectivity index (χ2v) is 6.08. The van der Waals surface area contributed by atoms with E-state index in [1.54, 1.807) is 6.92 Å². The Kier molecular flexibility index (Phi) is 3.89. The Bertz CT molecular complexity index is 534. The molecule has 4 nitrogen and oxygen atoms in total. The van der Waals surface area contributed by atoms with Crippen molar-refractivity contribution in [3.8, 4) is 6.07 Å². The molecular formula is C10H11ClN2O2S. The van der Waals surface area contributed by atoms with E-state index in [2.05, 4.69) is 4.98 Å². The fourth-order valence-electron chi connectivity index (χ4n) is 1.14. The van der Waals surface area contributed by atoms with Gasteiger partial charge in [0.15, 0.2) is 14.9 Å². The predicted octanol–water partition coefficient (Wildman–Crippen LogP) is 1.66. The van der Waals surface area contributed by atoms with E-state index in [1.165, 1.54) is 19.1 Å². The molecule has 1 aromatic heterocycles. The first kappa shape index (κ1) is 12.9. The van der Waals surface area contributed by atoms with Crippen molar-refractivity contribution in [2.45, 2.75) is 24.1 Å². The zero-order chi connectivity index (χ0) is 12.3. The molecule has 1 heterocycles. The van der Waals surface area contributed by atoms with Crippen molar-refractivity contribution in [1.82, 2.24) is 4.98 Å². The molecule has 0 bridgehead atoms. The molecule has 0 aliphatic carbocycles. The van der Waals surface area contributed by atoms with Gasteiger partial charge in [-0.1, -0.05) is 0 Å². The number of nitriles is 1. The summed E-state index contributed by atoms with van der Waals surface area (Å²) in [5.74, 6) is -0.000157. The lowest BCUT2D eigenvalue weighted by Crippen LogP contribution is -2.21. The van der Waals surface area contributed by atoms with Crippen molar-refractivity contribution in [2.75, 3.05) is 5.88 Å². The van der Waals surface area contributed by atoms with Crippen LogP contribution in [0.2, 0.25) is 0 Å². The molecule has 86 valence electrons. The fraction of sp³-hybridized carbons (Fsp3) is 0.400. The molecule has 1 aromatic rings. The normalized spacial score (nSPS) is 13.1. The smallest absolute Gasteiger partial charge is 0.199 e. The lowest BCUT2D eigenvalue weighted by Gasteiger charge is -2.09. The maximum Gasteiger partial charge on any atom is 0.199 e. The first-order valence-corrected chi connectivity index (χ1v) is 6.68. The van der Waals surface area contributed by atoms with Crippen LogP contribution >= 0.6 is 11.6 Å². The molecule has 6 heteroatoms. The zero-order valence-corrected chi connectivity index (χ0v) is 10.5. The summed E-state index contributed by atoms with van der Waals surface area (Å²) in [6.45, 7) is 3.16. The van der Waals surface area contributed by atoms with Crippen LogP contribution in [0.25, 0.3) is 0 Å². The van der Waals surface area contributed by atoms with Crippen molar-refractivity contribution in [1.29, 1.82) is 5.26 Å². The van der Waals surface area contributed by atoms with Crippen LogP contribution in [0.4, 0.5) is 0 Å². The van der Waals surface area contributed by atoms with Crippen molar-refractivity contribution in [2.24, 2.45) is 0 Å². The number of alkyl halides is 1. The van der Waals surface area contributed by atoms with Crippen LogP contribution in [0.3, 0.4) is 0 Å². The lowest BCUT2D eigenvalue weighted by atomic mass is 10.2. The van der Waals surface area contributed by atoms with Crippen molar-refractivity contribution in [3.05, 3.63) is 23.4 Å². The van der Waals surface area contributed by atoms with Gasteiger partial charge in [0.25, 0.3) is 0 Å². The van der Waals surface area contributed by atoms with Gasteiger partial charge >= 0.3 is 0 Å². The number of pyridine rings is 1. The van der Waals surface area contributed by atoms with Gasteiger partial charge < -0.3 is 0 Å². The quantitative estimate of drug-likeness (QED) is 0.773. The average molecular weight is 259 g/mol. The summed E-state index contributed by atoms with van der Waals surface area (Å²) in [5, 5.41) is 7.95. The number of hydrogen-bond donors (Lipinski definition) is 0. The number of nitrogens with zero attached hydrogens (tertiary/aromatic N) is 2. The molecule has 0 N–H and O–H groups in total. The molecule has 0 saturated heterocycles. The Morgan fingerprint density at radius 3 is 2.69 bits per heavy atom. The summed E-state index contributed by atoms with van der Waals surface area (Å²) in [4.78, 5) is 3.92. The Labute approximate surface area is 99.8 Å². The maximum absolute atomic E-state index is 11.9. The molecule has 0 saturated carbocycles. The highest BCUT2D eigenvalue weighted by atomic mass is 35.5. The maximum atomic E-state index is 11.9. The number of aromatic nitrogens is 1. The predicted molar refractivity (Wildman–Crippen MR) is 61.1 cm³/mol. The largest absolute Gasteiger partial charge is 0.241 e. The first-order chi connectivity index (χ1) is 7.41. The van der Waals surface area contributed by atoms with Crippen LogP contribution in [0.15, 0.2) is 17.2 Å².